The van der Waals surface area contributed by atoms with Crippen molar-refractivity contribution in [2.75, 3.05) is 19.6 Å². The summed E-state index contributed by atoms with van der Waals surface area (Å²) in [5, 5.41) is 1.13. The molecule has 0 N–H and O–H groups in total. The number of hydrogen-bond acceptors (Lipinski definition) is 1. The van der Waals surface area contributed by atoms with Crippen molar-refractivity contribution in [3.8, 4) is 0 Å². The van der Waals surface area contributed by atoms with Crippen molar-refractivity contribution >= 4 is 13.3 Å². The van der Waals surface area contributed by atoms with E-state index in [0.717, 1.165) is 11.2 Å². The molecule has 0 aliphatic carbocycles. The van der Waals surface area contributed by atoms with Gasteiger partial charge in [-0.15, -0.1) is 0 Å². The number of hydrogen-bond donors (Lipinski definition) is 0. The lowest BCUT2D eigenvalue weighted by Crippen LogP contribution is -2.41. The van der Waals surface area contributed by atoms with Gasteiger partial charge in [-0.25, -0.2) is 0 Å². The minimum atomic E-state index is -4.24. The van der Waals surface area contributed by atoms with Gasteiger partial charge in [-0.3, -0.25) is 0 Å². The Labute approximate surface area is 145 Å². The summed E-state index contributed by atoms with van der Waals surface area (Å²) in [6, 6.07) is 7.02. The molecule has 0 radical (unpaired) electrons. The van der Waals surface area contributed by atoms with E-state index in [2.05, 4.69) is 18.0 Å². The molecule has 1 aliphatic rings. The molecular formula is C19H30F3NSi. The van der Waals surface area contributed by atoms with Gasteiger partial charge < -0.3 is 4.90 Å². The molecule has 2 rings (SSSR count). The topological polar surface area (TPSA) is 3.24 Å². The van der Waals surface area contributed by atoms with Crippen LogP contribution < -0.4 is 5.19 Å². The fourth-order valence-electron chi connectivity index (χ4n) is 3.52. The van der Waals surface area contributed by atoms with Crippen LogP contribution >= 0.6 is 0 Å². The van der Waals surface area contributed by atoms with Crippen molar-refractivity contribution in [3.05, 3.63) is 29.8 Å². The fraction of sp³-hybridized carbons (Fsp3) is 0.684. The molecule has 1 aromatic rings. The molecule has 0 atom stereocenters. The maximum atomic E-state index is 12.7. The average molecular weight is 358 g/mol. The third-order valence-corrected chi connectivity index (χ3v) is 8.72. The Balaban J connectivity index is 1.74. The van der Waals surface area contributed by atoms with Gasteiger partial charge in [-0.1, -0.05) is 67.9 Å². The zero-order valence-corrected chi connectivity index (χ0v) is 16.0. The first-order valence-corrected chi connectivity index (χ1v) is 12.4. The normalized spacial score (nSPS) is 17.2. The quantitative estimate of drug-likeness (QED) is 0.474. The van der Waals surface area contributed by atoms with E-state index >= 15 is 0 Å². The van der Waals surface area contributed by atoms with E-state index in [1.807, 2.05) is 0 Å². The minimum Gasteiger partial charge on any atom is -0.303 e. The fourth-order valence-corrected chi connectivity index (χ4v) is 6.01. The molecule has 1 nitrogen and oxygen atoms in total. The standard InChI is InChI=1S/C19H30F3NSi/c1-24(2,18-11-9-17(10-12-18)19(20,21)22)16-8-4-7-15-23-13-5-3-6-14-23/h9-12H,3-8,13-16H2,1-2H3. The van der Waals surface area contributed by atoms with Crippen LogP contribution in [-0.4, -0.2) is 32.6 Å². The van der Waals surface area contributed by atoms with E-state index in [4.69, 9.17) is 0 Å². The lowest BCUT2D eigenvalue weighted by molar-refractivity contribution is -0.137. The number of nitrogens with zero attached hydrogens (tertiary/aromatic N) is 1. The Morgan fingerprint density at radius 3 is 2.12 bits per heavy atom. The van der Waals surface area contributed by atoms with Crippen molar-refractivity contribution in [2.45, 2.75) is 63.8 Å². The molecule has 1 heterocycles. The van der Waals surface area contributed by atoms with Crippen molar-refractivity contribution < 1.29 is 13.2 Å². The van der Waals surface area contributed by atoms with Crippen LogP contribution in [0.3, 0.4) is 0 Å². The Morgan fingerprint density at radius 1 is 0.917 bits per heavy atom. The van der Waals surface area contributed by atoms with Gasteiger partial charge in [0.1, 0.15) is 0 Å². The summed E-state index contributed by atoms with van der Waals surface area (Å²) in [7, 11) is -1.63. The number of unbranched alkanes of at least 4 members (excludes halogenated alkanes) is 2. The molecule has 1 aliphatic heterocycles. The van der Waals surface area contributed by atoms with Gasteiger partial charge >= 0.3 is 6.18 Å². The summed E-state index contributed by atoms with van der Waals surface area (Å²) in [6.45, 7) is 8.25. The van der Waals surface area contributed by atoms with Crippen LogP contribution in [0.1, 0.15) is 44.1 Å². The number of rotatable bonds is 7. The summed E-state index contributed by atoms with van der Waals surface area (Å²) in [6.07, 6.45) is 3.49. The predicted molar refractivity (Wildman–Crippen MR) is 97.5 cm³/mol. The van der Waals surface area contributed by atoms with E-state index in [9.17, 15) is 13.2 Å². The predicted octanol–water partition coefficient (Wildman–Crippen LogP) is 5.28. The van der Waals surface area contributed by atoms with Crippen LogP contribution in [0.4, 0.5) is 13.2 Å². The number of piperidine rings is 1. The van der Waals surface area contributed by atoms with E-state index in [0.29, 0.717) is 0 Å². The number of likely N-dealkylation sites (tertiary alicyclic amines) is 1. The Hall–Kier alpha value is -0.813. The summed E-state index contributed by atoms with van der Waals surface area (Å²) < 4.78 is 38.0. The third-order valence-electron chi connectivity index (χ3n) is 5.22. The number of alkyl halides is 3. The van der Waals surface area contributed by atoms with Gasteiger partial charge in [-0.2, -0.15) is 13.2 Å². The summed E-state index contributed by atoms with van der Waals surface area (Å²) in [4.78, 5) is 2.57. The third kappa shape index (κ3) is 5.92. The zero-order valence-electron chi connectivity index (χ0n) is 15.0. The maximum absolute atomic E-state index is 12.7. The molecule has 0 spiro atoms. The van der Waals surface area contributed by atoms with Crippen LogP contribution in [0.2, 0.25) is 19.1 Å². The molecule has 1 aromatic carbocycles. The van der Waals surface area contributed by atoms with Crippen LogP contribution in [0, 0.1) is 0 Å². The first-order chi connectivity index (χ1) is 11.3. The maximum Gasteiger partial charge on any atom is 0.416 e. The largest absolute Gasteiger partial charge is 0.416 e. The summed E-state index contributed by atoms with van der Waals surface area (Å²) in [5.74, 6) is 0. The van der Waals surface area contributed by atoms with Crippen molar-refractivity contribution in [2.24, 2.45) is 0 Å². The van der Waals surface area contributed by atoms with E-state index in [1.165, 1.54) is 70.3 Å². The van der Waals surface area contributed by atoms with E-state index in [-0.39, 0.29) is 0 Å². The SMILES string of the molecule is C[Si](C)(CCCCCN1CCCCC1)c1ccc(C(F)(F)F)cc1. The average Bonchev–Trinajstić information content (AvgIpc) is 2.55. The van der Waals surface area contributed by atoms with Gasteiger partial charge in [-0.05, 0) is 38.9 Å². The number of halogens is 3. The Kier molecular flexibility index (Phi) is 6.93. The molecule has 1 saturated heterocycles. The van der Waals surface area contributed by atoms with Gasteiger partial charge in [0.15, 0.2) is 0 Å². The molecule has 24 heavy (non-hydrogen) atoms. The van der Waals surface area contributed by atoms with Crippen LogP contribution in [-0.2, 0) is 6.18 Å². The highest BCUT2D eigenvalue weighted by atomic mass is 28.3. The summed E-state index contributed by atoms with van der Waals surface area (Å²) in [5.41, 5.74) is -0.544. The van der Waals surface area contributed by atoms with Crippen LogP contribution in [0.25, 0.3) is 0 Å². The molecule has 136 valence electrons. The molecule has 0 bridgehead atoms. The molecule has 0 unspecified atom stereocenters. The second-order valence-corrected chi connectivity index (χ2v) is 12.5. The molecule has 0 aromatic heterocycles. The van der Waals surface area contributed by atoms with Gasteiger partial charge in [0, 0.05) is 0 Å². The zero-order chi connectivity index (χ0) is 17.6. The Bertz CT molecular complexity index is 490. The second kappa shape index (κ2) is 8.52. The highest BCUT2D eigenvalue weighted by Gasteiger charge is 2.31. The van der Waals surface area contributed by atoms with Crippen molar-refractivity contribution in [1.29, 1.82) is 0 Å². The first-order valence-electron chi connectivity index (χ1n) is 9.19. The van der Waals surface area contributed by atoms with E-state index in [1.54, 1.807) is 12.1 Å². The first kappa shape index (κ1) is 19.5. The van der Waals surface area contributed by atoms with Crippen molar-refractivity contribution in [3.63, 3.8) is 0 Å². The summed E-state index contributed by atoms with van der Waals surface area (Å²) >= 11 is 0. The minimum absolute atomic E-state index is 0.544. The lowest BCUT2D eigenvalue weighted by Gasteiger charge is -2.27. The van der Waals surface area contributed by atoms with Crippen LogP contribution in [0.15, 0.2) is 24.3 Å². The smallest absolute Gasteiger partial charge is 0.303 e. The highest BCUT2D eigenvalue weighted by Crippen LogP contribution is 2.28. The molecular weight excluding hydrogens is 327 g/mol. The molecule has 0 amide bonds. The van der Waals surface area contributed by atoms with Gasteiger partial charge in [0.25, 0.3) is 0 Å². The molecule has 0 saturated carbocycles. The monoisotopic (exact) mass is 357 g/mol. The molecule has 5 heteroatoms. The molecule has 1 fully saturated rings. The van der Waals surface area contributed by atoms with Gasteiger partial charge in [0.2, 0.25) is 0 Å². The number of benzene rings is 1. The van der Waals surface area contributed by atoms with Crippen molar-refractivity contribution in [1.82, 2.24) is 4.90 Å². The second-order valence-electron chi connectivity index (χ2n) is 7.67. The van der Waals surface area contributed by atoms with E-state index < -0.39 is 19.8 Å². The van der Waals surface area contributed by atoms with Gasteiger partial charge in [0.05, 0.1) is 13.6 Å². The van der Waals surface area contributed by atoms with Crippen LogP contribution in [0.5, 0.6) is 0 Å². The highest BCUT2D eigenvalue weighted by molar-refractivity contribution is 6.89. The Morgan fingerprint density at radius 2 is 1.54 bits per heavy atom. The lowest BCUT2D eigenvalue weighted by atomic mass is 10.1.